The number of hydrogen-bond donors (Lipinski definition) is 0. The number of nitrogens with zero attached hydrogens (tertiary/aromatic N) is 1. The minimum absolute atomic E-state index is 0.365. The van der Waals surface area contributed by atoms with E-state index in [-0.39, 0.29) is 0 Å². The van der Waals surface area contributed by atoms with E-state index in [1.807, 2.05) is 6.07 Å². The van der Waals surface area contributed by atoms with Crippen molar-refractivity contribution in [3.63, 3.8) is 0 Å². The summed E-state index contributed by atoms with van der Waals surface area (Å²) in [5, 5.41) is 0. The predicted octanol–water partition coefficient (Wildman–Crippen LogP) is 3.42. The molecular formula is C13H10BrNO3. The Kier molecular flexibility index (Phi) is 3.94. The van der Waals surface area contributed by atoms with Gasteiger partial charge in [-0.15, -0.1) is 0 Å². The molecule has 1 aromatic carbocycles. The van der Waals surface area contributed by atoms with Crippen molar-refractivity contribution in [1.82, 2.24) is 4.98 Å². The number of esters is 1. The zero-order valence-corrected chi connectivity index (χ0v) is 11.2. The summed E-state index contributed by atoms with van der Waals surface area (Å²) in [6.45, 7) is 0. The molecule has 0 aliphatic heterocycles. The monoisotopic (exact) mass is 307 g/mol. The van der Waals surface area contributed by atoms with Crippen LogP contribution >= 0.6 is 15.9 Å². The lowest BCUT2D eigenvalue weighted by molar-refractivity contribution is 0.0598. The summed E-state index contributed by atoms with van der Waals surface area (Å²) in [5.41, 5.74) is 0.365. The Hall–Kier alpha value is -1.88. The second-order valence-corrected chi connectivity index (χ2v) is 4.32. The van der Waals surface area contributed by atoms with E-state index in [9.17, 15) is 4.79 Å². The zero-order chi connectivity index (χ0) is 13.0. The van der Waals surface area contributed by atoms with Gasteiger partial charge in [0.2, 0.25) is 5.88 Å². The molecule has 0 spiro atoms. The lowest BCUT2D eigenvalue weighted by Gasteiger charge is -2.08. The molecule has 2 rings (SSSR count). The summed E-state index contributed by atoms with van der Waals surface area (Å²) < 4.78 is 11.1. The fourth-order valence-corrected chi connectivity index (χ4v) is 1.60. The standard InChI is InChI=1S/C13H10BrNO3/c1-17-13(16)10-4-2-3-5-11(10)18-12-7-6-9(14)8-15-12/h2-8H,1H3. The number of methoxy groups -OCH3 is 1. The molecule has 0 saturated carbocycles. The SMILES string of the molecule is COC(=O)c1ccccc1Oc1ccc(Br)cn1. The Morgan fingerprint density at radius 3 is 2.67 bits per heavy atom. The van der Waals surface area contributed by atoms with E-state index in [1.165, 1.54) is 7.11 Å². The molecule has 0 amide bonds. The highest BCUT2D eigenvalue weighted by molar-refractivity contribution is 9.10. The second kappa shape index (κ2) is 5.64. The van der Waals surface area contributed by atoms with Crippen LogP contribution in [0.1, 0.15) is 10.4 Å². The third-order valence-electron chi connectivity index (χ3n) is 2.21. The molecule has 0 radical (unpaired) electrons. The van der Waals surface area contributed by atoms with Crippen molar-refractivity contribution in [2.75, 3.05) is 7.11 Å². The fourth-order valence-electron chi connectivity index (χ4n) is 1.37. The largest absolute Gasteiger partial charge is 0.465 e. The second-order valence-electron chi connectivity index (χ2n) is 3.40. The van der Waals surface area contributed by atoms with Gasteiger partial charge < -0.3 is 9.47 Å². The van der Waals surface area contributed by atoms with Crippen molar-refractivity contribution >= 4 is 21.9 Å². The van der Waals surface area contributed by atoms with Gasteiger partial charge in [0.25, 0.3) is 0 Å². The Balaban J connectivity index is 2.28. The molecule has 1 aromatic heterocycles. The normalized spacial score (nSPS) is 9.89. The average molecular weight is 308 g/mol. The van der Waals surface area contributed by atoms with Gasteiger partial charge in [0.1, 0.15) is 11.3 Å². The summed E-state index contributed by atoms with van der Waals surface area (Å²) in [7, 11) is 1.33. The fraction of sp³-hybridized carbons (Fsp3) is 0.0769. The van der Waals surface area contributed by atoms with Crippen LogP contribution in [0.2, 0.25) is 0 Å². The maximum Gasteiger partial charge on any atom is 0.341 e. The Bertz CT molecular complexity index is 554. The molecule has 0 aliphatic rings. The van der Waals surface area contributed by atoms with Crippen LogP contribution in [0.15, 0.2) is 47.1 Å². The van der Waals surface area contributed by atoms with Gasteiger partial charge >= 0.3 is 5.97 Å². The number of aromatic nitrogens is 1. The van der Waals surface area contributed by atoms with Gasteiger partial charge in [0, 0.05) is 16.7 Å². The summed E-state index contributed by atoms with van der Waals surface area (Å²) in [6.07, 6.45) is 1.62. The van der Waals surface area contributed by atoms with Gasteiger partial charge in [0.15, 0.2) is 0 Å². The van der Waals surface area contributed by atoms with Crippen LogP contribution in [-0.4, -0.2) is 18.1 Å². The van der Waals surface area contributed by atoms with Crippen LogP contribution in [-0.2, 0) is 4.74 Å². The van der Waals surface area contributed by atoms with Crippen molar-refractivity contribution in [3.05, 3.63) is 52.6 Å². The molecular weight excluding hydrogens is 298 g/mol. The third kappa shape index (κ3) is 2.87. The van der Waals surface area contributed by atoms with Gasteiger partial charge in [-0.25, -0.2) is 9.78 Å². The molecule has 0 saturated heterocycles. The van der Waals surface area contributed by atoms with Crippen molar-refractivity contribution in [2.45, 2.75) is 0 Å². The van der Waals surface area contributed by atoms with Crippen LogP contribution < -0.4 is 4.74 Å². The van der Waals surface area contributed by atoms with Crippen LogP contribution in [0.5, 0.6) is 11.6 Å². The number of carbonyl (C=O) groups is 1. The molecule has 0 aliphatic carbocycles. The van der Waals surface area contributed by atoms with Gasteiger partial charge in [0.05, 0.1) is 7.11 Å². The Morgan fingerprint density at radius 2 is 2.00 bits per heavy atom. The molecule has 0 atom stereocenters. The summed E-state index contributed by atoms with van der Waals surface area (Å²) in [6, 6.07) is 10.4. The first-order valence-corrected chi connectivity index (χ1v) is 5.97. The van der Waals surface area contributed by atoms with Crippen molar-refractivity contribution in [1.29, 1.82) is 0 Å². The molecule has 18 heavy (non-hydrogen) atoms. The third-order valence-corrected chi connectivity index (χ3v) is 2.68. The maximum absolute atomic E-state index is 11.5. The predicted molar refractivity (Wildman–Crippen MR) is 69.8 cm³/mol. The van der Waals surface area contributed by atoms with Crippen molar-refractivity contribution in [2.24, 2.45) is 0 Å². The van der Waals surface area contributed by atoms with E-state index in [2.05, 4.69) is 25.7 Å². The highest BCUT2D eigenvalue weighted by Crippen LogP contribution is 2.25. The van der Waals surface area contributed by atoms with Crippen LogP contribution in [0.25, 0.3) is 0 Å². The number of ether oxygens (including phenoxy) is 2. The number of benzene rings is 1. The Morgan fingerprint density at radius 1 is 1.22 bits per heavy atom. The number of carbonyl (C=O) groups excluding carboxylic acids is 1. The number of pyridine rings is 1. The lowest BCUT2D eigenvalue weighted by Crippen LogP contribution is -2.03. The number of rotatable bonds is 3. The van der Waals surface area contributed by atoms with Gasteiger partial charge in [-0.2, -0.15) is 0 Å². The number of para-hydroxylation sites is 1. The molecule has 0 N–H and O–H groups in total. The average Bonchev–Trinajstić information content (AvgIpc) is 2.41. The van der Waals surface area contributed by atoms with E-state index in [4.69, 9.17) is 4.74 Å². The topological polar surface area (TPSA) is 48.4 Å². The molecule has 0 bridgehead atoms. The van der Waals surface area contributed by atoms with E-state index in [0.29, 0.717) is 17.2 Å². The Labute approximate surface area is 113 Å². The molecule has 0 unspecified atom stereocenters. The van der Waals surface area contributed by atoms with E-state index in [0.717, 1.165) is 4.47 Å². The van der Waals surface area contributed by atoms with Gasteiger partial charge in [-0.05, 0) is 34.1 Å². The first kappa shape index (κ1) is 12.6. The quantitative estimate of drug-likeness (QED) is 0.815. The lowest BCUT2D eigenvalue weighted by atomic mass is 10.2. The molecule has 2 aromatic rings. The summed E-state index contributed by atoms with van der Waals surface area (Å²) in [4.78, 5) is 15.6. The highest BCUT2D eigenvalue weighted by Gasteiger charge is 2.12. The first-order chi connectivity index (χ1) is 8.70. The van der Waals surface area contributed by atoms with E-state index >= 15 is 0 Å². The van der Waals surface area contributed by atoms with Crippen LogP contribution in [0.3, 0.4) is 0 Å². The zero-order valence-electron chi connectivity index (χ0n) is 9.59. The molecule has 5 heteroatoms. The summed E-state index contributed by atoms with van der Waals surface area (Å²) in [5.74, 6) is 0.386. The smallest absolute Gasteiger partial charge is 0.341 e. The van der Waals surface area contributed by atoms with Crippen LogP contribution in [0.4, 0.5) is 0 Å². The van der Waals surface area contributed by atoms with Crippen molar-refractivity contribution < 1.29 is 14.3 Å². The van der Waals surface area contributed by atoms with Crippen LogP contribution in [0, 0.1) is 0 Å². The number of hydrogen-bond acceptors (Lipinski definition) is 4. The van der Waals surface area contributed by atoms with E-state index in [1.54, 1.807) is 36.5 Å². The highest BCUT2D eigenvalue weighted by atomic mass is 79.9. The molecule has 4 nitrogen and oxygen atoms in total. The first-order valence-electron chi connectivity index (χ1n) is 5.17. The minimum atomic E-state index is -0.442. The molecule has 0 fully saturated rings. The van der Waals surface area contributed by atoms with Gasteiger partial charge in [-0.1, -0.05) is 12.1 Å². The molecule has 92 valence electrons. The van der Waals surface area contributed by atoms with E-state index < -0.39 is 5.97 Å². The summed E-state index contributed by atoms with van der Waals surface area (Å²) >= 11 is 3.29. The minimum Gasteiger partial charge on any atom is -0.465 e. The maximum atomic E-state index is 11.5. The molecule has 1 heterocycles. The number of halogens is 1. The van der Waals surface area contributed by atoms with Gasteiger partial charge in [-0.3, -0.25) is 0 Å². The van der Waals surface area contributed by atoms with Crippen molar-refractivity contribution in [3.8, 4) is 11.6 Å².